The average molecular weight is 405 g/mol. The van der Waals surface area contributed by atoms with Crippen molar-refractivity contribution >= 4 is 39.1 Å². The molecule has 4 aromatic rings. The summed E-state index contributed by atoms with van der Waals surface area (Å²) in [4.78, 5) is 4.69. The minimum atomic E-state index is 0. The van der Waals surface area contributed by atoms with E-state index in [0.717, 1.165) is 26.8 Å². The predicted molar refractivity (Wildman–Crippen MR) is 96.2 cm³/mol. The zero-order valence-electron chi connectivity index (χ0n) is 12.8. The van der Waals surface area contributed by atoms with Gasteiger partial charge in [-0.05, 0) is 30.0 Å². The van der Waals surface area contributed by atoms with E-state index < -0.39 is 0 Å². The van der Waals surface area contributed by atoms with Gasteiger partial charge in [0.15, 0.2) is 0 Å². The molecule has 0 fully saturated rings. The van der Waals surface area contributed by atoms with Gasteiger partial charge in [0, 0.05) is 14.6 Å². The molecule has 0 saturated heterocycles. The van der Waals surface area contributed by atoms with Crippen molar-refractivity contribution in [3.63, 3.8) is 0 Å². The Labute approximate surface area is 174 Å². The molecule has 0 aliphatic rings. The van der Waals surface area contributed by atoms with Crippen LogP contribution in [-0.4, -0.2) is 14.6 Å². The van der Waals surface area contributed by atoms with Crippen molar-refractivity contribution in [3.05, 3.63) is 69.9 Å². The predicted octanol–water partition coefficient (Wildman–Crippen LogP) is 1.54. The van der Waals surface area contributed by atoms with Crippen molar-refractivity contribution in [3.8, 4) is 17.2 Å². The van der Waals surface area contributed by atoms with Crippen LogP contribution >= 0.6 is 28.1 Å². The number of para-hydroxylation sites is 1. The Morgan fingerprint density at radius 1 is 1.00 bits per heavy atom. The fourth-order valence-corrected chi connectivity index (χ4v) is 3.09. The molecule has 0 aliphatic carbocycles. The van der Waals surface area contributed by atoms with E-state index in [-0.39, 0.29) is 29.6 Å². The minimum absolute atomic E-state index is 0. The van der Waals surface area contributed by atoms with Crippen LogP contribution in [-0.2, 0) is 0 Å². The van der Waals surface area contributed by atoms with E-state index in [1.165, 1.54) is 0 Å². The van der Waals surface area contributed by atoms with Crippen LogP contribution in [0.25, 0.3) is 28.1 Å². The van der Waals surface area contributed by atoms with Gasteiger partial charge in [-0.3, -0.25) is 5.10 Å². The molecule has 0 spiro atoms. The Balaban J connectivity index is 0.00000169. The molecular formula is C17H10BrN4NaS. The fraction of sp³-hybridized carbons (Fsp3) is 0. The van der Waals surface area contributed by atoms with Crippen LogP contribution in [0, 0.1) is 4.77 Å². The molecule has 0 unspecified atom stereocenters. The number of halogens is 1. The van der Waals surface area contributed by atoms with Crippen LogP contribution in [0.3, 0.4) is 0 Å². The molecule has 0 radical (unpaired) electrons. The van der Waals surface area contributed by atoms with Gasteiger partial charge in [0.1, 0.15) is 0 Å². The first-order valence-electron chi connectivity index (χ1n) is 6.97. The van der Waals surface area contributed by atoms with Gasteiger partial charge in [0.25, 0.3) is 0 Å². The quantitative estimate of drug-likeness (QED) is 0.375. The number of hydrogen-bond acceptors (Lipinski definition) is 3. The van der Waals surface area contributed by atoms with Crippen molar-refractivity contribution in [2.24, 2.45) is 0 Å². The van der Waals surface area contributed by atoms with Gasteiger partial charge in [-0.15, -0.1) is 0 Å². The van der Waals surface area contributed by atoms with Crippen LogP contribution in [0.2, 0.25) is 0 Å². The van der Waals surface area contributed by atoms with Gasteiger partial charge in [0.2, 0.25) is 0 Å². The fourth-order valence-electron chi connectivity index (χ4n) is 2.47. The Morgan fingerprint density at radius 2 is 1.83 bits per heavy atom. The van der Waals surface area contributed by atoms with Crippen LogP contribution < -0.4 is 34.7 Å². The number of rotatable bonds is 2. The largest absolute Gasteiger partial charge is 1.00 e. The van der Waals surface area contributed by atoms with Crippen LogP contribution in [0.5, 0.6) is 0 Å². The third kappa shape index (κ3) is 3.25. The van der Waals surface area contributed by atoms with Gasteiger partial charge in [-0.1, -0.05) is 64.5 Å². The number of aromatic nitrogens is 4. The summed E-state index contributed by atoms with van der Waals surface area (Å²) in [7, 11) is 0. The summed E-state index contributed by atoms with van der Waals surface area (Å²) in [5.41, 5.74) is 2.56. The molecule has 0 saturated carbocycles. The van der Waals surface area contributed by atoms with Crippen LogP contribution in [0.15, 0.2) is 65.1 Å². The molecular weight excluding hydrogens is 395 g/mol. The first kappa shape index (κ1) is 17.5. The number of hydrogen-bond donors (Lipinski definition) is 0. The van der Waals surface area contributed by atoms with E-state index in [4.69, 9.17) is 12.2 Å². The maximum absolute atomic E-state index is 5.34. The monoisotopic (exact) mass is 404 g/mol. The summed E-state index contributed by atoms with van der Waals surface area (Å²) in [5.74, 6) is 0.638. The second-order valence-electron chi connectivity index (χ2n) is 5.01. The zero-order valence-corrected chi connectivity index (χ0v) is 17.3. The Hall–Kier alpha value is -1.31. The van der Waals surface area contributed by atoms with E-state index in [1.807, 2.05) is 65.2 Å². The van der Waals surface area contributed by atoms with Gasteiger partial charge in [0.05, 0.1) is 17.0 Å². The van der Waals surface area contributed by atoms with Gasteiger partial charge in [-0.25, -0.2) is 4.98 Å². The molecule has 4 rings (SSSR count). The standard InChI is InChI=1S/C17H11BrN4S.Na/c18-12-5-3-6-13(10-12)22-16(20-21-17(22)23)15-9-8-11-4-1-2-7-14(11)19-15;/h1-10H,(H,19,21,23);/q;+1/p-1. The first-order valence-corrected chi connectivity index (χ1v) is 8.17. The maximum atomic E-state index is 5.34. The summed E-state index contributed by atoms with van der Waals surface area (Å²) in [6.07, 6.45) is 0. The second-order valence-corrected chi connectivity index (χ2v) is 6.29. The molecule has 2 aromatic heterocycles. The SMILES string of the molecule is S=c1[n-]nc(-c2ccc3ccccc3n2)n1-c1cccc(Br)c1.[Na+]. The molecule has 0 aliphatic heterocycles. The number of benzene rings is 2. The Morgan fingerprint density at radius 3 is 2.67 bits per heavy atom. The summed E-state index contributed by atoms with van der Waals surface area (Å²) < 4.78 is 3.21. The molecule has 4 nitrogen and oxygen atoms in total. The first-order chi connectivity index (χ1) is 11.2. The third-order valence-corrected chi connectivity index (χ3v) is 4.28. The van der Waals surface area contributed by atoms with E-state index in [1.54, 1.807) is 0 Å². The van der Waals surface area contributed by atoms with Crippen LogP contribution in [0.1, 0.15) is 0 Å². The maximum Gasteiger partial charge on any atom is 1.00 e. The smallest absolute Gasteiger partial charge is 0.390 e. The number of fused-ring (bicyclic) bond motifs is 1. The molecule has 2 heterocycles. The summed E-state index contributed by atoms with van der Waals surface area (Å²) in [6, 6.07) is 19.8. The van der Waals surface area contributed by atoms with E-state index in [9.17, 15) is 0 Å². The molecule has 0 bridgehead atoms. The summed E-state index contributed by atoms with van der Waals surface area (Å²) >= 11 is 8.82. The van der Waals surface area contributed by atoms with Crippen molar-refractivity contribution in [1.29, 1.82) is 0 Å². The topological polar surface area (TPSA) is 44.8 Å². The van der Waals surface area contributed by atoms with Crippen molar-refractivity contribution in [2.75, 3.05) is 0 Å². The van der Waals surface area contributed by atoms with Gasteiger partial charge >= 0.3 is 29.6 Å². The third-order valence-electron chi connectivity index (χ3n) is 3.53. The summed E-state index contributed by atoms with van der Waals surface area (Å²) in [6.45, 7) is 0. The summed E-state index contributed by atoms with van der Waals surface area (Å²) in [5, 5.41) is 9.37. The van der Waals surface area contributed by atoms with E-state index >= 15 is 0 Å². The van der Waals surface area contributed by atoms with Crippen molar-refractivity contribution in [2.45, 2.75) is 0 Å². The Bertz CT molecular complexity index is 1070. The molecule has 0 atom stereocenters. The van der Waals surface area contributed by atoms with Gasteiger partial charge < -0.3 is 9.67 Å². The molecule has 0 N–H and O–H groups in total. The minimum Gasteiger partial charge on any atom is -0.390 e. The molecule has 2 aromatic carbocycles. The van der Waals surface area contributed by atoms with Crippen molar-refractivity contribution in [1.82, 2.24) is 19.7 Å². The average Bonchev–Trinajstić information content (AvgIpc) is 2.96. The molecule has 24 heavy (non-hydrogen) atoms. The Kier molecular flexibility index (Phi) is 5.32. The van der Waals surface area contributed by atoms with Crippen LogP contribution in [0.4, 0.5) is 0 Å². The zero-order chi connectivity index (χ0) is 15.8. The number of nitrogens with zero attached hydrogens (tertiary/aromatic N) is 4. The van der Waals surface area contributed by atoms with E-state index in [2.05, 4.69) is 31.1 Å². The van der Waals surface area contributed by atoms with Crippen molar-refractivity contribution < 1.29 is 29.6 Å². The normalized spacial score (nSPS) is 10.5. The van der Waals surface area contributed by atoms with E-state index in [0.29, 0.717) is 10.6 Å². The second kappa shape index (κ2) is 7.29. The van der Waals surface area contributed by atoms with Gasteiger partial charge in [-0.2, -0.15) is 0 Å². The molecule has 0 amide bonds. The molecule has 112 valence electrons. The number of pyridine rings is 1. The molecule has 7 heteroatoms.